The summed E-state index contributed by atoms with van der Waals surface area (Å²) in [5.74, 6) is 0.517. The SMILES string of the molecule is Cc1noc(C)c1CCC(=O)NCCCc1nn(-c2ccc(F)cc2)c(N)c1C#N. The Bertz CT molecular complexity index is 1060. The summed E-state index contributed by atoms with van der Waals surface area (Å²) in [6, 6.07) is 7.78. The summed E-state index contributed by atoms with van der Waals surface area (Å²) < 4.78 is 19.7. The highest BCUT2D eigenvalue weighted by atomic mass is 19.1. The maximum atomic E-state index is 13.1. The van der Waals surface area contributed by atoms with Crippen LogP contribution in [0.1, 0.15) is 41.1 Å². The number of nitrogens with zero attached hydrogens (tertiary/aromatic N) is 4. The Morgan fingerprint density at radius 3 is 2.67 bits per heavy atom. The van der Waals surface area contributed by atoms with Gasteiger partial charge in [-0.3, -0.25) is 4.79 Å². The van der Waals surface area contributed by atoms with Crippen LogP contribution in [-0.4, -0.2) is 27.4 Å². The standard InChI is InChI=1S/C21H23FN6O2/c1-13-17(14(2)30-27-13)9-10-20(29)25-11-3-4-19-18(12-23)21(24)28(26-19)16-7-5-15(22)6-8-16/h5-8H,3-4,9-11,24H2,1-2H3,(H,25,29). The van der Waals surface area contributed by atoms with Crippen LogP contribution in [-0.2, 0) is 17.6 Å². The van der Waals surface area contributed by atoms with Crippen molar-refractivity contribution < 1.29 is 13.7 Å². The van der Waals surface area contributed by atoms with E-state index in [1.807, 2.05) is 13.8 Å². The van der Waals surface area contributed by atoms with E-state index in [1.54, 1.807) is 12.1 Å². The quantitative estimate of drug-likeness (QED) is 0.551. The minimum atomic E-state index is -0.365. The zero-order chi connectivity index (χ0) is 21.7. The number of aromatic nitrogens is 3. The molecule has 0 fully saturated rings. The summed E-state index contributed by atoms with van der Waals surface area (Å²) >= 11 is 0. The van der Waals surface area contributed by atoms with Gasteiger partial charge in [-0.1, -0.05) is 5.16 Å². The third-order valence-corrected chi connectivity index (χ3v) is 4.87. The number of hydrogen-bond donors (Lipinski definition) is 2. The van der Waals surface area contributed by atoms with E-state index in [-0.39, 0.29) is 17.5 Å². The molecule has 2 aromatic heterocycles. The molecule has 0 aliphatic heterocycles. The normalized spacial score (nSPS) is 10.7. The van der Waals surface area contributed by atoms with E-state index in [4.69, 9.17) is 10.3 Å². The Balaban J connectivity index is 1.53. The highest BCUT2D eigenvalue weighted by Gasteiger charge is 2.16. The van der Waals surface area contributed by atoms with Crippen molar-refractivity contribution in [2.24, 2.45) is 0 Å². The van der Waals surface area contributed by atoms with Crippen molar-refractivity contribution in [3.05, 3.63) is 58.4 Å². The largest absolute Gasteiger partial charge is 0.382 e. The Morgan fingerprint density at radius 1 is 1.30 bits per heavy atom. The van der Waals surface area contributed by atoms with Gasteiger partial charge in [0.2, 0.25) is 5.91 Å². The van der Waals surface area contributed by atoms with Gasteiger partial charge in [-0.2, -0.15) is 10.4 Å². The molecule has 0 aliphatic carbocycles. The maximum Gasteiger partial charge on any atom is 0.220 e. The topological polar surface area (TPSA) is 123 Å². The lowest BCUT2D eigenvalue weighted by Gasteiger charge is -2.05. The number of aryl methyl sites for hydroxylation is 3. The predicted octanol–water partition coefficient (Wildman–Crippen LogP) is 2.75. The monoisotopic (exact) mass is 410 g/mol. The number of anilines is 1. The number of benzene rings is 1. The van der Waals surface area contributed by atoms with Crippen LogP contribution in [0.5, 0.6) is 0 Å². The second-order valence-corrected chi connectivity index (χ2v) is 6.96. The number of nitrogen functional groups attached to an aromatic ring is 1. The Hall–Kier alpha value is -3.67. The van der Waals surface area contributed by atoms with Crippen LogP contribution < -0.4 is 11.1 Å². The van der Waals surface area contributed by atoms with Crippen molar-refractivity contribution in [1.82, 2.24) is 20.3 Å². The fourth-order valence-corrected chi connectivity index (χ4v) is 3.22. The van der Waals surface area contributed by atoms with E-state index >= 15 is 0 Å². The van der Waals surface area contributed by atoms with Gasteiger partial charge >= 0.3 is 0 Å². The number of hydrogen-bond acceptors (Lipinski definition) is 6. The van der Waals surface area contributed by atoms with Gasteiger partial charge in [0.1, 0.15) is 29.0 Å². The van der Waals surface area contributed by atoms with Crippen LogP contribution in [0.15, 0.2) is 28.8 Å². The van der Waals surface area contributed by atoms with Crippen molar-refractivity contribution in [3.8, 4) is 11.8 Å². The molecule has 3 N–H and O–H groups in total. The molecule has 0 saturated carbocycles. The van der Waals surface area contributed by atoms with Gasteiger partial charge in [0.05, 0.1) is 17.1 Å². The maximum absolute atomic E-state index is 13.1. The van der Waals surface area contributed by atoms with Crippen LogP contribution >= 0.6 is 0 Å². The molecule has 0 aliphatic rings. The summed E-state index contributed by atoms with van der Waals surface area (Å²) in [6.45, 7) is 4.14. The van der Waals surface area contributed by atoms with Crippen LogP contribution in [0, 0.1) is 31.0 Å². The van der Waals surface area contributed by atoms with Gasteiger partial charge in [0.25, 0.3) is 0 Å². The van der Waals surface area contributed by atoms with E-state index in [2.05, 4.69) is 21.6 Å². The second-order valence-electron chi connectivity index (χ2n) is 6.96. The minimum Gasteiger partial charge on any atom is -0.382 e. The molecule has 0 bridgehead atoms. The van der Waals surface area contributed by atoms with Crippen molar-refractivity contribution in [1.29, 1.82) is 5.26 Å². The molecule has 0 atom stereocenters. The first-order valence-corrected chi connectivity index (χ1v) is 9.62. The Labute approximate surface area is 173 Å². The number of amides is 1. The third-order valence-electron chi connectivity index (χ3n) is 4.87. The zero-order valence-electron chi connectivity index (χ0n) is 16.9. The minimum absolute atomic E-state index is 0.0631. The summed E-state index contributed by atoms with van der Waals surface area (Å²) in [6.07, 6.45) is 2.00. The average Bonchev–Trinajstić information content (AvgIpc) is 3.22. The highest BCUT2D eigenvalue weighted by molar-refractivity contribution is 5.76. The van der Waals surface area contributed by atoms with Gasteiger partial charge in [-0.15, -0.1) is 0 Å². The van der Waals surface area contributed by atoms with Gasteiger partial charge in [0.15, 0.2) is 0 Å². The fourth-order valence-electron chi connectivity index (χ4n) is 3.22. The molecule has 0 radical (unpaired) electrons. The van der Waals surface area contributed by atoms with Crippen LogP contribution in [0.3, 0.4) is 0 Å². The van der Waals surface area contributed by atoms with Crippen molar-refractivity contribution >= 4 is 11.7 Å². The molecule has 1 amide bonds. The lowest BCUT2D eigenvalue weighted by molar-refractivity contribution is -0.121. The Morgan fingerprint density at radius 2 is 2.03 bits per heavy atom. The zero-order valence-corrected chi connectivity index (χ0v) is 16.9. The van der Waals surface area contributed by atoms with Crippen molar-refractivity contribution in [2.75, 3.05) is 12.3 Å². The van der Waals surface area contributed by atoms with Gasteiger partial charge in [-0.25, -0.2) is 9.07 Å². The summed E-state index contributed by atoms with van der Waals surface area (Å²) in [7, 11) is 0. The molecule has 3 aromatic rings. The molecule has 0 saturated heterocycles. The van der Waals surface area contributed by atoms with E-state index in [9.17, 15) is 14.4 Å². The van der Waals surface area contributed by atoms with Crippen LogP contribution in [0.2, 0.25) is 0 Å². The van der Waals surface area contributed by atoms with Gasteiger partial charge < -0.3 is 15.6 Å². The van der Waals surface area contributed by atoms with Gasteiger partial charge in [-0.05, 0) is 57.4 Å². The van der Waals surface area contributed by atoms with Crippen molar-refractivity contribution in [3.63, 3.8) is 0 Å². The number of carbonyl (C=O) groups is 1. The molecule has 9 heteroatoms. The van der Waals surface area contributed by atoms with Gasteiger partial charge in [0, 0.05) is 18.5 Å². The van der Waals surface area contributed by atoms with E-state index in [1.165, 1.54) is 16.8 Å². The molecule has 2 heterocycles. The molecule has 1 aromatic carbocycles. The number of nitriles is 1. The number of rotatable bonds is 8. The first-order chi connectivity index (χ1) is 14.4. The molecular weight excluding hydrogens is 387 g/mol. The molecule has 30 heavy (non-hydrogen) atoms. The molecule has 0 spiro atoms. The average molecular weight is 410 g/mol. The van der Waals surface area contributed by atoms with E-state index < -0.39 is 0 Å². The van der Waals surface area contributed by atoms with Crippen molar-refractivity contribution in [2.45, 2.75) is 39.5 Å². The van der Waals surface area contributed by atoms with E-state index in [0.29, 0.717) is 49.2 Å². The first-order valence-electron chi connectivity index (χ1n) is 9.62. The first kappa shape index (κ1) is 21.0. The lowest BCUT2D eigenvalue weighted by Crippen LogP contribution is -2.25. The molecule has 156 valence electrons. The third kappa shape index (κ3) is 4.66. The number of nitrogens with two attached hydrogens (primary N) is 1. The molecule has 3 rings (SSSR count). The second kappa shape index (κ2) is 9.22. The summed E-state index contributed by atoms with van der Waals surface area (Å²) in [5.41, 5.74) is 9.23. The highest BCUT2D eigenvalue weighted by Crippen LogP contribution is 2.21. The lowest BCUT2D eigenvalue weighted by atomic mass is 10.1. The predicted molar refractivity (Wildman–Crippen MR) is 108 cm³/mol. The summed E-state index contributed by atoms with van der Waals surface area (Å²) in [5, 5.41) is 20.6. The number of halogens is 1. The number of nitrogens with one attached hydrogen (secondary N) is 1. The fraction of sp³-hybridized carbons (Fsp3) is 0.333. The number of carbonyl (C=O) groups excluding carboxylic acids is 1. The van der Waals surface area contributed by atoms with Crippen LogP contribution in [0.25, 0.3) is 5.69 Å². The molecule has 0 unspecified atom stereocenters. The van der Waals surface area contributed by atoms with Crippen LogP contribution in [0.4, 0.5) is 10.2 Å². The molecule has 8 nitrogen and oxygen atoms in total. The smallest absolute Gasteiger partial charge is 0.220 e. The molecular formula is C21H23FN6O2. The van der Waals surface area contributed by atoms with E-state index in [0.717, 1.165) is 17.0 Å². The summed E-state index contributed by atoms with van der Waals surface area (Å²) in [4.78, 5) is 12.1. The Kier molecular flexibility index (Phi) is 6.47.